The van der Waals surface area contributed by atoms with Gasteiger partial charge in [0, 0.05) is 48.0 Å². The summed E-state index contributed by atoms with van der Waals surface area (Å²) in [5, 5.41) is 8.33. The Morgan fingerprint density at radius 2 is 2.06 bits per heavy atom. The molecule has 5 N–H and O–H groups in total. The van der Waals surface area contributed by atoms with Crippen molar-refractivity contribution < 1.29 is 4.79 Å². The highest BCUT2D eigenvalue weighted by Gasteiger charge is 2.23. The summed E-state index contributed by atoms with van der Waals surface area (Å²) in [7, 11) is 1.92. The third-order valence-corrected chi connectivity index (χ3v) is 5.72. The maximum absolute atomic E-state index is 12.7. The average molecular weight is 428 g/mol. The Hall–Kier alpha value is -3.91. The number of benzene rings is 2. The molecule has 0 bridgehead atoms. The minimum absolute atomic E-state index is 0.00882. The number of aromatic nitrogens is 3. The van der Waals surface area contributed by atoms with E-state index >= 15 is 0 Å². The van der Waals surface area contributed by atoms with Crippen LogP contribution in [0.15, 0.2) is 60.1 Å². The zero-order valence-electron chi connectivity index (χ0n) is 17.8. The fourth-order valence-electron chi connectivity index (χ4n) is 4.08. The van der Waals surface area contributed by atoms with Crippen LogP contribution in [0.1, 0.15) is 27.9 Å². The van der Waals surface area contributed by atoms with Crippen molar-refractivity contribution in [2.45, 2.75) is 18.9 Å². The van der Waals surface area contributed by atoms with E-state index < -0.39 is 0 Å². The van der Waals surface area contributed by atoms with Crippen molar-refractivity contribution in [3.63, 3.8) is 0 Å². The molecule has 0 unspecified atom stereocenters. The van der Waals surface area contributed by atoms with Gasteiger partial charge in [0.05, 0.1) is 23.8 Å². The van der Waals surface area contributed by atoms with Gasteiger partial charge in [0.15, 0.2) is 0 Å². The van der Waals surface area contributed by atoms with Crippen LogP contribution in [-0.4, -0.2) is 39.2 Å². The molecule has 4 aromatic rings. The highest BCUT2D eigenvalue weighted by molar-refractivity contribution is 6.17. The standard InChI is InChI=1S/C24H25N7O/c1-31-13-21(27-14-31)23-19-12-28-30-24(32)18-9-17(10-20(29-23)22(18)19)26-11-16(25)8-7-15-5-3-2-4-6-15/h2-6,9-10,12-14,16,26,29H,7-8,11,25H2,1H3,(H,30,32)/t16-/m1/s1. The molecule has 0 saturated carbocycles. The van der Waals surface area contributed by atoms with Gasteiger partial charge in [-0.1, -0.05) is 30.3 Å². The molecule has 8 nitrogen and oxygen atoms in total. The first kappa shape index (κ1) is 20.0. The second kappa shape index (κ2) is 8.32. The number of aromatic amines is 1. The number of nitrogens with two attached hydrogens (primary N) is 1. The van der Waals surface area contributed by atoms with Crippen LogP contribution < -0.4 is 16.5 Å². The van der Waals surface area contributed by atoms with Gasteiger partial charge in [-0.25, -0.2) is 10.4 Å². The molecule has 2 aromatic heterocycles. The van der Waals surface area contributed by atoms with Gasteiger partial charge in [-0.15, -0.1) is 0 Å². The van der Waals surface area contributed by atoms with E-state index in [1.165, 1.54) is 5.56 Å². The molecule has 0 fully saturated rings. The van der Waals surface area contributed by atoms with Crippen molar-refractivity contribution in [1.82, 2.24) is 20.0 Å². The fourth-order valence-corrected chi connectivity index (χ4v) is 4.08. The lowest BCUT2D eigenvalue weighted by Gasteiger charge is -2.15. The molecule has 1 aliphatic heterocycles. The van der Waals surface area contributed by atoms with Crippen molar-refractivity contribution in [2.75, 3.05) is 11.9 Å². The number of aryl methyl sites for hydroxylation is 2. The van der Waals surface area contributed by atoms with Crippen LogP contribution in [0.2, 0.25) is 0 Å². The molecule has 8 heteroatoms. The number of hydrogen-bond acceptors (Lipinski definition) is 5. The Morgan fingerprint density at radius 1 is 1.22 bits per heavy atom. The highest BCUT2D eigenvalue weighted by Crippen LogP contribution is 2.33. The minimum Gasteiger partial charge on any atom is -0.383 e. The number of hydrogen-bond donors (Lipinski definition) is 4. The fraction of sp³-hybridized carbons (Fsp3) is 0.208. The van der Waals surface area contributed by atoms with Crippen LogP contribution in [0.3, 0.4) is 0 Å². The molecule has 3 heterocycles. The zero-order chi connectivity index (χ0) is 22.1. The summed E-state index contributed by atoms with van der Waals surface area (Å²) in [6.45, 7) is 0.608. The summed E-state index contributed by atoms with van der Waals surface area (Å²) >= 11 is 0. The van der Waals surface area contributed by atoms with Gasteiger partial charge < -0.3 is 20.6 Å². The number of imidazole rings is 1. The number of rotatable bonds is 7. The highest BCUT2D eigenvalue weighted by atomic mass is 16.2. The summed E-state index contributed by atoms with van der Waals surface area (Å²) in [6.07, 6.45) is 7.15. The number of nitrogens with zero attached hydrogens (tertiary/aromatic N) is 3. The molecule has 0 spiro atoms. The van der Waals surface area contributed by atoms with Gasteiger partial charge in [-0.3, -0.25) is 4.79 Å². The summed E-state index contributed by atoms with van der Waals surface area (Å²) in [6, 6.07) is 14.2. The lowest BCUT2D eigenvalue weighted by Crippen LogP contribution is -2.29. The molecule has 1 amide bonds. The Morgan fingerprint density at radius 3 is 2.84 bits per heavy atom. The van der Waals surface area contributed by atoms with Crippen LogP contribution in [0, 0.1) is 0 Å². The van der Waals surface area contributed by atoms with Gasteiger partial charge >= 0.3 is 0 Å². The number of amides is 1. The summed E-state index contributed by atoms with van der Waals surface area (Å²) in [5.41, 5.74) is 14.9. The monoisotopic (exact) mass is 427 g/mol. The maximum atomic E-state index is 12.7. The topological polar surface area (TPSA) is 113 Å². The number of carbonyl (C=O) groups is 1. The Labute approximate surface area is 185 Å². The predicted molar refractivity (Wildman–Crippen MR) is 127 cm³/mol. The smallest absolute Gasteiger partial charge is 0.272 e. The Kier molecular flexibility index (Phi) is 5.20. The van der Waals surface area contributed by atoms with E-state index in [0.29, 0.717) is 12.1 Å². The maximum Gasteiger partial charge on any atom is 0.272 e. The summed E-state index contributed by atoms with van der Waals surface area (Å²) < 4.78 is 1.88. The molecule has 32 heavy (non-hydrogen) atoms. The van der Waals surface area contributed by atoms with Crippen molar-refractivity contribution in [2.24, 2.45) is 17.9 Å². The number of carbonyl (C=O) groups excluding carboxylic acids is 1. The molecule has 1 aliphatic rings. The van der Waals surface area contributed by atoms with Crippen molar-refractivity contribution in [3.05, 3.63) is 71.7 Å². The molecule has 0 saturated heterocycles. The largest absolute Gasteiger partial charge is 0.383 e. The molecular weight excluding hydrogens is 402 g/mol. The molecule has 162 valence electrons. The lowest BCUT2D eigenvalue weighted by atomic mass is 10.0. The van der Waals surface area contributed by atoms with E-state index in [0.717, 1.165) is 46.4 Å². The number of anilines is 1. The Balaban J connectivity index is 1.40. The SMILES string of the molecule is Cn1cnc(-c2[nH]c3cc(NC[C@H](N)CCc4ccccc4)cc4c3c2C=NNC4=O)c1. The second-order valence-corrected chi connectivity index (χ2v) is 8.15. The lowest BCUT2D eigenvalue weighted by molar-refractivity contribution is 0.0957. The van der Waals surface area contributed by atoms with Gasteiger partial charge in [0.25, 0.3) is 5.91 Å². The molecule has 2 aromatic carbocycles. The zero-order valence-corrected chi connectivity index (χ0v) is 17.8. The number of nitrogens with one attached hydrogen (secondary N) is 3. The van der Waals surface area contributed by atoms with Gasteiger partial charge in [-0.2, -0.15) is 5.10 Å². The van der Waals surface area contributed by atoms with Gasteiger partial charge in [0.2, 0.25) is 0 Å². The first-order chi connectivity index (χ1) is 15.6. The van der Waals surface area contributed by atoms with E-state index in [1.807, 2.05) is 48.1 Å². The molecule has 1 atom stereocenters. The van der Waals surface area contributed by atoms with Crippen LogP contribution in [0.5, 0.6) is 0 Å². The van der Waals surface area contributed by atoms with Gasteiger partial charge in [0.1, 0.15) is 5.69 Å². The van der Waals surface area contributed by atoms with Crippen molar-refractivity contribution in [1.29, 1.82) is 0 Å². The average Bonchev–Trinajstić information content (AvgIpc) is 3.35. The van der Waals surface area contributed by atoms with E-state index in [4.69, 9.17) is 5.73 Å². The Bertz CT molecular complexity index is 1300. The number of hydrazone groups is 1. The number of H-pyrrole nitrogens is 1. The van der Waals surface area contributed by atoms with Crippen molar-refractivity contribution in [3.8, 4) is 11.4 Å². The molecule has 0 radical (unpaired) electrons. The second-order valence-electron chi connectivity index (χ2n) is 8.15. The van der Waals surface area contributed by atoms with Crippen LogP contribution in [0.4, 0.5) is 5.69 Å². The predicted octanol–water partition coefficient (Wildman–Crippen LogP) is 3.02. The molecule has 5 rings (SSSR count). The summed E-state index contributed by atoms with van der Waals surface area (Å²) in [5.74, 6) is -0.242. The van der Waals surface area contributed by atoms with Crippen LogP contribution in [0.25, 0.3) is 22.3 Å². The minimum atomic E-state index is -0.242. The van der Waals surface area contributed by atoms with Crippen LogP contribution in [-0.2, 0) is 13.5 Å². The van der Waals surface area contributed by atoms with Crippen LogP contribution >= 0.6 is 0 Å². The quantitative estimate of drug-likeness (QED) is 0.363. The first-order valence-electron chi connectivity index (χ1n) is 10.6. The van der Waals surface area contributed by atoms with E-state index in [1.54, 1.807) is 12.5 Å². The van der Waals surface area contributed by atoms with Crippen molar-refractivity contribution >= 4 is 28.7 Å². The molecular formula is C24H25N7O. The molecule has 0 aliphatic carbocycles. The van der Waals surface area contributed by atoms with E-state index in [-0.39, 0.29) is 11.9 Å². The van der Waals surface area contributed by atoms with E-state index in [2.05, 4.69) is 37.9 Å². The first-order valence-corrected chi connectivity index (χ1v) is 10.6. The third-order valence-electron chi connectivity index (χ3n) is 5.72. The summed E-state index contributed by atoms with van der Waals surface area (Å²) in [4.78, 5) is 20.6. The van der Waals surface area contributed by atoms with E-state index in [9.17, 15) is 4.79 Å². The normalized spacial score (nSPS) is 13.8. The third kappa shape index (κ3) is 3.88. The van der Waals surface area contributed by atoms with Gasteiger partial charge in [-0.05, 0) is 30.5 Å².